The first-order chi connectivity index (χ1) is 14.0. The van der Waals surface area contributed by atoms with Gasteiger partial charge in [-0.05, 0) is 48.4 Å². The predicted octanol–water partition coefficient (Wildman–Crippen LogP) is 3.25. The minimum absolute atomic E-state index is 0.234. The molecule has 0 aliphatic rings. The number of rotatable bonds is 11. The molecule has 0 saturated carbocycles. The van der Waals surface area contributed by atoms with E-state index in [-0.39, 0.29) is 6.61 Å². The van der Waals surface area contributed by atoms with E-state index in [1.54, 1.807) is 29.2 Å². The lowest BCUT2D eigenvalue weighted by Crippen LogP contribution is -2.26. The molecule has 0 bridgehead atoms. The number of methoxy groups -OCH3 is 2. The Kier molecular flexibility index (Phi) is 8.61. The molecule has 0 fully saturated rings. The molecule has 29 heavy (non-hydrogen) atoms. The van der Waals surface area contributed by atoms with Gasteiger partial charge in [-0.15, -0.1) is 0 Å². The van der Waals surface area contributed by atoms with Gasteiger partial charge in [0.25, 0.3) is 0 Å². The molecule has 0 aromatic heterocycles. The maximum Gasteiger partial charge on any atom is 0.343 e. The molecular weight excluding hydrogens is 398 g/mol. The van der Waals surface area contributed by atoms with E-state index in [1.165, 1.54) is 14.2 Å². The molecule has 2 aromatic carbocycles. The van der Waals surface area contributed by atoms with E-state index in [0.717, 1.165) is 23.3 Å². The highest BCUT2D eigenvalue weighted by atomic mass is 35.5. The molecule has 0 unspecified atom stereocenters. The number of amides is 1. The monoisotopic (exact) mass is 421 g/mol. The summed E-state index contributed by atoms with van der Waals surface area (Å²) in [7, 11) is 2.79. The first-order valence-electron chi connectivity index (χ1n) is 8.91. The van der Waals surface area contributed by atoms with Crippen LogP contribution in [0.2, 0.25) is 5.02 Å². The SMILES string of the molecule is COC(=O)COc1cc(CN(C=O)CCOc2ccc(Cl)cc2C)ccc1OC. The van der Waals surface area contributed by atoms with Crippen LogP contribution in [0.3, 0.4) is 0 Å². The van der Waals surface area contributed by atoms with Crippen LogP contribution >= 0.6 is 11.6 Å². The lowest BCUT2D eigenvalue weighted by atomic mass is 10.2. The number of carbonyl (C=O) groups excluding carboxylic acids is 2. The molecule has 0 aliphatic heterocycles. The van der Waals surface area contributed by atoms with Crippen LogP contribution in [0.15, 0.2) is 36.4 Å². The molecule has 0 aliphatic carbocycles. The molecule has 1 amide bonds. The van der Waals surface area contributed by atoms with Gasteiger partial charge >= 0.3 is 5.97 Å². The second kappa shape index (κ2) is 11.2. The molecule has 0 saturated heterocycles. The van der Waals surface area contributed by atoms with Crippen molar-refractivity contribution in [3.05, 3.63) is 52.5 Å². The lowest BCUT2D eigenvalue weighted by Gasteiger charge is -2.19. The van der Waals surface area contributed by atoms with E-state index >= 15 is 0 Å². The molecule has 0 spiro atoms. The van der Waals surface area contributed by atoms with Gasteiger partial charge in [0, 0.05) is 11.6 Å². The van der Waals surface area contributed by atoms with Crippen molar-refractivity contribution in [2.75, 3.05) is 34.0 Å². The number of esters is 1. The molecule has 0 heterocycles. The van der Waals surface area contributed by atoms with E-state index < -0.39 is 5.97 Å². The number of benzene rings is 2. The highest BCUT2D eigenvalue weighted by Gasteiger charge is 2.11. The number of nitrogens with zero attached hydrogens (tertiary/aromatic N) is 1. The molecule has 8 heteroatoms. The van der Waals surface area contributed by atoms with Crippen LogP contribution in [0.4, 0.5) is 0 Å². The Morgan fingerprint density at radius 2 is 1.83 bits per heavy atom. The highest BCUT2D eigenvalue weighted by Crippen LogP contribution is 2.28. The van der Waals surface area contributed by atoms with Crippen molar-refractivity contribution >= 4 is 24.0 Å². The maximum atomic E-state index is 11.5. The Bertz CT molecular complexity index is 842. The van der Waals surface area contributed by atoms with Gasteiger partial charge in [0.05, 0.1) is 20.8 Å². The summed E-state index contributed by atoms with van der Waals surface area (Å²) in [4.78, 5) is 24.3. The van der Waals surface area contributed by atoms with Crippen molar-refractivity contribution in [3.63, 3.8) is 0 Å². The van der Waals surface area contributed by atoms with Crippen molar-refractivity contribution < 1.29 is 28.5 Å². The quantitative estimate of drug-likeness (QED) is 0.409. The van der Waals surface area contributed by atoms with Gasteiger partial charge in [-0.1, -0.05) is 17.7 Å². The van der Waals surface area contributed by atoms with Crippen molar-refractivity contribution in [1.29, 1.82) is 0 Å². The molecule has 156 valence electrons. The van der Waals surface area contributed by atoms with Crippen LogP contribution in [0.1, 0.15) is 11.1 Å². The zero-order valence-electron chi connectivity index (χ0n) is 16.6. The molecule has 7 nitrogen and oxygen atoms in total. The van der Waals surface area contributed by atoms with Crippen LogP contribution < -0.4 is 14.2 Å². The van der Waals surface area contributed by atoms with Crippen LogP contribution in [-0.2, 0) is 20.9 Å². The number of aryl methyl sites for hydroxylation is 1. The smallest absolute Gasteiger partial charge is 0.343 e. The Morgan fingerprint density at radius 3 is 2.48 bits per heavy atom. The second-order valence-corrected chi connectivity index (χ2v) is 6.62. The minimum atomic E-state index is -0.499. The van der Waals surface area contributed by atoms with Crippen LogP contribution in [0.25, 0.3) is 0 Å². The van der Waals surface area contributed by atoms with Gasteiger partial charge in [-0.3, -0.25) is 4.79 Å². The summed E-state index contributed by atoms with van der Waals surface area (Å²) in [5.41, 5.74) is 1.75. The fourth-order valence-corrected chi connectivity index (χ4v) is 2.81. The van der Waals surface area contributed by atoms with Crippen molar-refractivity contribution in [2.45, 2.75) is 13.5 Å². The number of halogens is 1. The first kappa shape index (κ1) is 22.4. The fourth-order valence-electron chi connectivity index (χ4n) is 2.58. The summed E-state index contributed by atoms with van der Waals surface area (Å²) >= 11 is 5.94. The van der Waals surface area contributed by atoms with Gasteiger partial charge in [-0.2, -0.15) is 0 Å². The van der Waals surface area contributed by atoms with E-state index in [2.05, 4.69) is 4.74 Å². The molecule has 0 N–H and O–H groups in total. The number of ether oxygens (including phenoxy) is 4. The maximum absolute atomic E-state index is 11.5. The largest absolute Gasteiger partial charge is 0.493 e. The fraction of sp³-hybridized carbons (Fsp3) is 0.333. The summed E-state index contributed by atoms with van der Waals surface area (Å²) in [6.45, 7) is 2.76. The van der Waals surface area contributed by atoms with Crippen LogP contribution in [-0.4, -0.2) is 51.3 Å². The van der Waals surface area contributed by atoms with Crippen LogP contribution in [0.5, 0.6) is 17.2 Å². The minimum Gasteiger partial charge on any atom is -0.493 e. The van der Waals surface area contributed by atoms with Gasteiger partial charge in [0.15, 0.2) is 18.1 Å². The van der Waals surface area contributed by atoms with E-state index in [0.29, 0.717) is 36.2 Å². The second-order valence-electron chi connectivity index (χ2n) is 6.18. The average molecular weight is 422 g/mol. The van der Waals surface area contributed by atoms with Crippen molar-refractivity contribution in [2.24, 2.45) is 0 Å². The predicted molar refractivity (Wildman–Crippen MR) is 109 cm³/mol. The molecule has 0 atom stereocenters. The summed E-state index contributed by atoms with van der Waals surface area (Å²) in [5.74, 6) is 1.11. The van der Waals surface area contributed by atoms with Gasteiger partial charge in [0.1, 0.15) is 12.4 Å². The highest BCUT2D eigenvalue weighted by molar-refractivity contribution is 6.30. The molecule has 0 radical (unpaired) electrons. The van der Waals surface area contributed by atoms with Gasteiger partial charge in [0.2, 0.25) is 6.41 Å². The van der Waals surface area contributed by atoms with E-state index in [9.17, 15) is 9.59 Å². The third-order valence-electron chi connectivity index (χ3n) is 4.11. The van der Waals surface area contributed by atoms with Gasteiger partial charge in [-0.25, -0.2) is 4.79 Å². The lowest BCUT2D eigenvalue weighted by molar-refractivity contribution is -0.142. The normalized spacial score (nSPS) is 10.2. The first-order valence-corrected chi connectivity index (χ1v) is 9.29. The molecular formula is C21H24ClNO6. The van der Waals surface area contributed by atoms with Crippen molar-refractivity contribution in [3.8, 4) is 17.2 Å². The Labute approximate surface area is 175 Å². The number of hydrogen-bond acceptors (Lipinski definition) is 6. The summed E-state index contributed by atoms with van der Waals surface area (Å²) in [5, 5.41) is 0.647. The zero-order valence-corrected chi connectivity index (χ0v) is 17.4. The molecule has 2 aromatic rings. The zero-order chi connectivity index (χ0) is 21.2. The molecule has 2 rings (SSSR count). The number of carbonyl (C=O) groups is 2. The Hall–Kier alpha value is -2.93. The topological polar surface area (TPSA) is 74.3 Å². The van der Waals surface area contributed by atoms with Crippen molar-refractivity contribution in [1.82, 2.24) is 4.90 Å². The summed E-state index contributed by atoms with van der Waals surface area (Å²) in [6.07, 6.45) is 0.761. The Morgan fingerprint density at radius 1 is 1.07 bits per heavy atom. The van der Waals surface area contributed by atoms with Crippen LogP contribution in [0, 0.1) is 6.92 Å². The van der Waals surface area contributed by atoms with Gasteiger partial charge < -0.3 is 23.8 Å². The number of hydrogen-bond donors (Lipinski definition) is 0. The summed E-state index contributed by atoms with van der Waals surface area (Å²) in [6, 6.07) is 10.7. The third-order valence-corrected chi connectivity index (χ3v) is 4.34. The van der Waals surface area contributed by atoms with E-state index in [4.69, 9.17) is 25.8 Å². The Balaban J connectivity index is 1.96. The standard InChI is InChI=1S/C21H24ClNO6/c1-15-10-17(22)5-7-18(15)28-9-8-23(14-24)12-16-4-6-19(26-2)20(11-16)29-13-21(25)27-3/h4-7,10-11,14H,8-9,12-13H2,1-3H3. The third kappa shape index (κ3) is 6.87. The average Bonchev–Trinajstić information content (AvgIpc) is 2.72. The van der Waals surface area contributed by atoms with E-state index in [1.807, 2.05) is 19.1 Å². The summed E-state index contributed by atoms with van der Waals surface area (Å²) < 4.78 is 21.0.